The number of hydrogen-bond donors (Lipinski definition) is 1. The minimum atomic E-state index is 0.0642. The third-order valence-electron chi connectivity index (χ3n) is 5.02. The van der Waals surface area contributed by atoms with Gasteiger partial charge in [0.05, 0.1) is 5.52 Å². The molecule has 3 aromatic rings. The Kier molecular flexibility index (Phi) is 5.34. The maximum absolute atomic E-state index is 12.5. The molecule has 1 amide bonds. The van der Waals surface area contributed by atoms with E-state index in [1.165, 1.54) is 0 Å². The van der Waals surface area contributed by atoms with Crippen LogP contribution < -0.4 is 10.2 Å². The van der Waals surface area contributed by atoms with Crippen LogP contribution in [0.15, 0.2) is 59.3 Å². The largest absolute Gasteiger partial charge is 0.357 e. The lowest BCUT2D eigenvalue weighted by atomic mass is 9.96. The van der Waals surface area contributed by atoms with Gasteiger partial charge in [0, 0.05) is 47.8 Å². The van der Waals surface area contributed by atoms with Crippen LogP contribution >= 0.6 is 15.9 Å². The van der Waals surface area contributed by atoms with Gasteiger partial charge in [-0.15, -0.1) is 0 Å². The number of carbonyl (C=O) groups excluding carboxylic acids is 1. The van der Waals surface area contributed by atoms with E-state index in [-0.39, 0.29) is 11.8 Å². The molecule has 0 unspecified atom stereocenters. The van der Waals surface area contributed by atoms with Gasteiger partial charge in [-0.1, -0.05) is 22.0 Å². The third kappa shape index (κ3) is 4.27. The monoisotopic (exact) mass is 424 g/mol. The highest BCUT2D eigenvalue weighted by Crippen LogP contribution is 2.25. The average molecular weight is 425 g/mol. The van der Waals surface area contributed by atoms with E-state index in [0.717, 1.165) is 52.7 Å². The van der Waals surface area contributed by atoms with Gasteiger partial charge < -0.3 is 10.2 Å². The van der Waals surface area contributed by atoms with Crippen LogP contribution in [0.5, 0.6) is 0 Å². The first-order chi connectivity index (χ1) is 13.2. The summed E-state index contributed by atoms with van der Waals surface area (Å²) in [6.07, 6.45) is 5.21. The van der Waals surface area contributed by atoms with Gasteiger partial charge in [0.25, 0.3) is 0 Å². The molecule has 1 N–H and O–H groups in total. The molecule has 0 aliphatic carbocycles. The lowest BCUT2D eigenvalue weighted by Gasteiger charge is -2.32. The predicted molar refractivity (Wildman–Crippen MR) is 110 cm³/mol. The van der Waals surface area contributed by atoms with Crippen molar-refractivity contribution in [2.24, 2.45) is 5.92 Å². The number of rotatable bonds is 4. The number of halogens is 1. The molecule has 0 spiro atoms. The highest BCUT2D eigenvalue weighted by atomic mass is 79.9. The molecule has 0 atom stereocenters. The fraction of sp³-hybridized carbons (Fsp3) is 0.286. The van der Waals surface area contributed by atoms with E-state index in [4.69, 9.17) is 4.98 Å². The van der Waals surface area contributed by atoms with Crippen LogP contribution in [0.25, 0.3) is 10.9 Å². The molecule has 27 heavy (non-hydrogen) atoms. The zero-order valence-electron chi connectivity index (χ0n) is 14.9. The number of fused-ring (bicyclic) bond motifs is 1. The Morgan fingerprint density at radius 1 is 1.19 bits per heavy atom. The summed E-state index contributed by atoms with van der Waals surface area (Å²) in [5, 5.41) is 4.16. The normalized spacial score (nSPS) is 15.1. The van der Waals surface area contributed by atoms with Gasteiger partial charge in [-0.3, -0.25) is 9.78 Å². The Bertz CT molecular complexity index is 939. The molecule has 4 rings (SSSR count). The summed E-state index contributed by atoms with van der Waals surface area (Å²) >= 11 is 3.50. The molecule has 1 fully saturated rings. The molecule has 1 aromatic carbocycles. The molecule has 2 aromatic heterocycles. The van der Waals surface area contributed by atoms with Crippen LogP contribution in [0, 0.1) is 5.92 Å². The second kappa shape index (κ2) is 8.05. The minimum Gasteiger partial charge on any atom is -0.357 e. The van der Waals surface area contributed by atoms with Crippen molar-refractivity contribution in [2.45, 2.75) is 19.4 Å². The van der Waals surface area contributed by atoms with Crippen molar-refractivity contribution in [3.8, 4) is 0 Å². The van der Waals surface area contributed by atoms with Gasteiger partial charge in [0.2, 0.25) is 5.91 Å². The maximum Gasteiger partial charge on any atom is 0.223 e. The number of benzene rings is 1. The van der Waals surface area contributed by atoms with Crippen LogP contribution in [-0.2, 0) is 11.3 Å². The Hall–Kier alpha value is -2.47. The molecule has 5 nitrogen and oxygen atoms in total. The van der Waals surface area contributed by atoms with Crippen LogP contribution in [0.3, 0.4) is 0 Å². The fourth-order valence-electron chi connectivity index (χ4n) is 3.47. The van der Waals surface area contributed by atoms with Gasteiger partial charge in [-0.25, -0.2) is 4.98 Å². The first-order valence-electron chi connectivity index (χ1n) is 9.17. The SMILES string of the molecule is O=C(NCc1cccnc1)C1CCN(c2ccc3cc(Br)ccc3n2)CC1. The van der Waals surface area contributed by atoms with E-state index in [1.54, 1.807) is 12.4 Å². The number of nitrogens with one attached hydrogen (secondary N) is 1. The second-order valence-corrected chi connectivity index (χ2v) is 7.76. The average Bonchev–Trinajstić information content (AvgIpc) is 2.72. The standard InChI is InChI=1S/C21H21BrN4O/c22-18-4-5-19-17(12-18)3-6-20(25-19)26-10-7-16(8-11-26)21(27)24-14-15-2-1-9-23-13-15/h1-6,9,12-13,16H,7-8,10-11,14H2,(H,24,27). The summed E-state index contributed by atoms with van der Waals surface area (Å²) in [4.78, 5) is 23.6. The smallest absolute Gasteiger partial charge is 0.223 e. The Balaban J connectivity index is 1.34. The van der Waals surface area contributed by atoms with Gasteiger partial charge >= 0.3 is 0 Å². The first-order valence-corrected chi connectivity index (χ1v) is 9.96. The molecular formula is C21H21BrN4O. The number of anilines is 1. The Labute approximate surface area is 166 Å². The van der Waals surface area contributed by atoms with Crippen LogP contribution in [0.4, 0.5) is 5.82 Å². The van der Waals surface area contributed by atoms with Gasteiger partial charge in [-0.2, -0.15) is 0 Å². The molecular weight excluding hydrogens is 404 g/mol. The molecule has 0 radical (unpaired) electrons. The number of aromatic nitrogens is 2. The van der Waals surface area contributed by atoms with E-state index in [0.29, 0.717) is 6.54 Å². The van der Waals surface area contributed by atoms with E-state index >= 15 is 0 Å². The highest BCUT2D eigenvalue weighted by molar-refractivity contribution is 9.10. The van der Waals surface area contributed by atoms with Gasteiger partial charge in [0.15, 0.2) is 0 Å². The topological polar surface area (TPSA) is 58.1 Å². The molecule has 0 saturated carbocycles. The lowest BCUT2D eigenvalue weighted by Crippen LogP contribution is -2.40. The van der Waals surface area contributed by atoms with Crippen molar-refractivity contribution in [3.05, 3.63) is 64.9 Å². The van der Waals surface area contributed by atoms with Crippen molar-refractivity contribution in [1.82, 2.24) is 15.3 Å². The second-order valence-electron chi connectivity index (χ2n) is 6.85. The van der Waals surface area contributed by atoms with E-state index < -0.39 is 0 Å². The number of carbonyl (C=O) groups is 1. The van der Waals surface area contributed by atoms with Crippen LogP contribution in [-0.4, -0.2) is 29.0 Å². The summed E-state index contributed by atoms with van der Waals surface area (Å²) in [6.45, 7) is 2.23. The third-order valence-corrected chi connectivity index (χ3v) is 5.51. The van der Waals surface area contributed by atoms with Crippen molar-refractivity contribution >= 4 is 38.6 Å². The molecule has 1 aliphatic rings. The highest BCUT2D eigenvalue weighted by Gasteiger charge is 2.25. The Morgan fingerprint density at radius 3 is 2.81 bits per heavy atom. The van der Waals surface area contributed by atoms with Crippen molar-refractivity contribution < 1.29 is 4.79 Å². The maximum atomic E-state index is 12.5. The lowest BCUT2D eigenvalue weighted by molar-refractivity contribution is -0.125. The number of piperidine rings is 1. The van der Waals surface area contributed by atoms with Gasteiger partial charge in [0.1, 0.15) is 5.82 Å². The molecule has 1 aliphatic heterocycles. The summed E-state index contributed by atoms with van der Waals surface area (Å²) in [5.74, 6) is 1.18. The molecule has 1 saturated heterocycles. The summed E-state index contributed by atoms with van der Waals surface area (Å²) in [7, 11) is 0. The number of pyridine rings is 2. The van der Waals surface area contributed by atoms with Gasteiger partial charge in [-0.05, 0) is 54.8 Å². The van der Waals surface area contributed by atoms with Crippen LogP contribution in [0.2, 0.25) is 0 Å². The molecule has 0 bridgehead atoms. The quantitative estimate of drug-likeness (QED) is 0.689. The summed E-state index contributed by atoms with van der Waals surface area (Å²) < 4.78 is 1.06. The van der Waals surface area contributed by atoms with Crippen LogP contribution in [0.1, 0.15) is 18.4 Å². The minimum absolute atomic E-state index is 0.0642. The number of nitrogens with zero attached hydrogens (tertiary/aromatic N) is 3. The molecule has 3 heterocycles. The number of amides is 1. The predicted octanol–water partition coefficient (Wildman–Crippen LogP) is 3.93. The van der Waals surface area contributed by atoms with Crippen molar-refractivity contribution in [2.75, 3.05) is 18.0 Å². The van der Waals surface area contributed by atoms with E-state index in [1.807, 2.05) is 24.3 Å². The fourth-order valence-corrected chi connectivity index (χ4v) is 3.85. The van der Waals surface area contributed by atoms with E-state index in [2.05, 4.69) is 49.3 Å². The zero-order valence-corrected chi connectivity index (χ0v) is 16.5. The molecule has 138 valence electrons. The summed E-state index contributed by atoms with van der Waals surface area (Å²) in [6, 6.07) is 14.1. The van der Waals surface area contributed by atoms with Crippen molar-refractivity contribution in [3.63, 3.8) is 0 Å². The van der Waals surface area contributed by atoms with Crippen molar-refractivity contribution in [1.29, 1.82) is 0 Å². The molecule has 6 heteroatoms. The Morgan fingerprint density at radius 2 is 2.04 bits per heavy atom. The zero-order chi connectivity index (χ0) is 18.6. The van der Waals surface area contributed by atoms with E-state index in [9.17, 15) is 4.79 Å². The number of hydrogen-bond acceptors (Lipinski definition) is 4. The first kappa shape index (κ1) is 17.9. The summed E-state index contributed by atoms with van der Waals surface area (Å²) in [5.41, 5.74) is 2.02.